The molecule has 2 aromatic rings. The van der Waals surface area contributed by atoms with Crippen LogP contribution >= 0.6 is 11.3 Å². The molecule has 3 heterocycles. The summed E-state index contributed by atoms with van der Waals surface area (Å²) < 4.78 is 4.97. The number of aryl methyl sites for hydroxylation is 1. The van der Waals surface area contributed by atoms with Crippen LogP contribution in [0.2, 0.25) is 0 Å². The molecule has 4 nitrogen and oxygen atoms in total. The van der Waals surface area contributed by atoms with Crippen molar-refractivity contribution >= 4 is 17.2 Å². The number of nitrogens with zero attached hydrogens (tertiary/aromatic N) is 2. The minimum Gasteiger partial charge on any atom is -0.361 e. The van der Waals surface area contributed by atoms with Crippen LogP contribution in [0, 0.1) is 6.92 Å². The zero-order valence-electron chi connectivity index (χ0n) is 10.3. The first-order valence-corrected chi connectivity index (χ1v) is 6.85. The maximum atomic E-state index is 12.4. The van der Waals surface area contributed by atoms with Crippen molar-refractivity contribution in [3.63, 3.8) is 0 Å². The van der Waals surface area contributed by atoms with Gasteiger partial charge in [-0.05, 0) is 37.3 Å². The molecule has 0 saturated heterocycles. The molecule has 1 aliphatic rings. The lowest BCUT2D eigenvalue weighted by atomic mass is 10.0. The van der Waals surface area contributed by atoms with Crippen molar-refractivity contribution in [1.29, 1.82) is 0 Å². The van der Waals surface area contributed by atoms with Gasteiger partial charge in [0.2, 0.25) is 0 Å². The third-order valence-electron chi connectivity index (χ3n) is 3.39. The summed E-state index contributed by atoms with van der Waals surface area (Å²) in [6, 6.07) is 3.92. The largest absolute Gasteiger partial charge is 0.361 e. The minimum atomic E-state index is -0.0452. The molecule has 2 aromatic heterocycles. The van der Waals surface area contributed by atoms with Crippen LogP contribution < -0.4 is 0 Å². The van der Waals surface area contributed by atoms with Gasteiger partial charge in [-0.15, -0.1) is 11.3 Å². The van der Waals surface area contributed by atoms with Gasteiger partial charge >= 0.3 is 0 Å². The zero-order valence-corrected chi connectivity index (χ0v) is 11.2. The van der Waals surface area contributed by atoms with Crippen molar-refractivity contribution in [2.24, 2.45) is 0 Å². The van der Waals surface area contributed by atoms with Crippen molar-refractivity contribution in [3.05, 3.63) is 39.4 Å². The molecule has 0 radical (unpaired) electrons. The highest BCUT2D eigenvalue weighted by atomic mass is 32.1. The number of amides is 1. The Morgan fingerprint density at radius 3 is 3.17 bits per heavy atom. The van der Waals surface area contributed by atoms with Gasteiger partial charge in [-0.2, -0.15) is 0 Å². The summed E-state index contributed by atoms with van der Waals surface area (Å²) in [7, 11) is 0. The molecule has 0 N–H and O–H groups in total. The van der Waals surface area contributed by atoms with Crippen molar-refractivity contribution < 1.29 is 9.32 Å². The Bertz CT molecular complexity index is 587. The lowest BCUT2D eigenvalue weighted by Crippen LogP contribution is -2.38. The molecule has 1 atom stereocenters. The fourth-order valence-corrected chi connectivity index (χ4v) is 3.36. The van der Waals surface area contributed by atoms with Crippen LogP contribution in [0.1, 0.15) is 39.7 Å². The number of carbonyl (C=O) groups is 1. The van der Waals surface area contributed by atoms with E-state index in [4.69, 9.17) is 4.52 Å². The highest BCUT2D eigenvalue weighted by molar-refractivity contribution is 7.10. The summed E-state index contributed by atoms with van der Waals surface area (Å²) in [5.41, 5.74) is 1.66. The van der Waals surface area contributed by atoms with E-state index in [0.717, 1.165) is 13.0 Å². The second kappa shape index (κ2) is 4.24. The molecule has 0 unspecified atom stereocenters. The van der Waals surface area contributed by atoms with Crippen molar-refractivity contribution in [1.82, 2.24) is 10.1 Å². The molecular formula is C13H14N2O2S. The lowest BCUT2D eigenvalue weighted by molar-refractivity contribution is 0.0668. The van der Waals surface area contributed by atoms with Crippen LogP contribution in [0.5, 0.6) is 0 Å². The lowest BCUT2D eigenvalue weighted by Gasteiger charge is -2.33. The van der Waals surface area contributed by atoms with E-state index in [-0.39, 0.29) is 11.9 Å². The Labute approximate surface area is 109 Å². The van der Waals surface area contributed by atoms with Crippen molar-refractivity contribution in [3.8, 4) is 0 Å². The predicted molar refractivity (Wildman–Crippen MR) is 68.7 cm³/mol. The first-order valence-electron chi connectivity index (χ1n) is 5.97. The molecule has 18 heavy (non-hydrogen) atoms. The van der Waals surface area contributed by atoms with Crippen LogP contribution in [0.4, 0.5) is 0 Å². The molecule has 94 valence electrons. The van der Waals surface area contributed by atoms with Gasteiger partial charge in [0.15, 0.2) is 5.69 Å². The number of carbonyl (C=O) groups excluding carboxylic acids is 1. The monoisotopic (exact) mass is 262 g/mol. The molecule has 0 spiro atoms. The van der Waals surface area contributed by atoms with E-state index in [2.05, 4.69) is 23.5 Å². The molecule has 0 bridgehead atoms. The topological polar surface area (TPSA) is 46.3 Å². The van der Waals surface area contributed by atoms with Crippen LogP contribution in [-0.2, 0) is 6.42 Å². The van der Waals surface area contributed by atoms with E-state index in [1.807, 2.05) is 4.90 Å². The highest BCUT2D eigenvalue weighted by Crippen LogP contribution is 2.33. The number of hydrogen-bond donors (Lipinski definition) is 0. The molecule has 0 fully saturated rings. The van der Waals surface area contributed by atoms with E-state index in [1.54, 1.807) is 24.3 Å². The summed E-state index contributed by atoms with van der Waals surface area (Å²) >= 11 is 1.77. The Kier molecular flexibility index (Phi) is 2.70. The molecule has 3 rings (SSSR count). The normalized spacial score (nSPS) is 18.8. The van der Waals surface area contributed by atoms with Crippen molar-refractivity contribution in [2.45, 2.75) is 26.3 Å². The Hall–Kier alpha value is -1.62. The number of aromatic nitrogens is 1. The van der Waals surface area contributed by atoms with E-state index < -0.39 is 0 Å². The number of fused-ring (bicyclic) bond motifs is 1. The molecule has 1 amide bonds. The van der Waals surface area contributed by atoms with Crippen LogP contribution in [0.15, 0.2) is 22.0 Å². The van der Waals surface area contributed by atoms with Crippen LogP contribution in [0.25, 0.3) is 0 Å². The summed E-state index contributed by atoms with van der Waals surface area (Å²) in [6.45, 7) is 4.61. The van der Waals surface area contributed by atoms with Crippen LogP contribution in [-0.4, -0.2) is 22.5 Å². The summed E-state index contributed by atoms with van der Waals surface area (Å²) in [6.07, 6.45) is 0.930. The molecule has 1 aliphatic heterocycles. The second-order valence-corrected chi connectivity index (χ2v) is 5.55. The Morgan fingerprint density at radius 2 is 2.44 bits per heavy atom. The second-order valence-electron chi connectivity index (χ2n) is 4.55. The standard InChI is InChI=1S/C13H14N2O2S/c1-8-7-11(14-17-8)13(16)15-5-3-12-10(9(15)2)4-6-18-12/h4,6-7,9H,3,5H2,1-2H3/t9-/m1/s1. The number of thiophene rings is 1. The van der Waals surface area contributed by atoms with Gasteiger partial charge in [-0.1, -0.05) is 5.16 Å². The Balaban J connectivity index is 1.88. The van der Waals surface area contributed by atoms with Gasteiger partial charge in [0, 0.05) is 17.5 Å². The fraction of sp³-hybridized carbons (Fsp3) is 0.385. The first-order chi connectivity index (χ1) is 8.66. The third-order valence-corrected chi connectivity index (χ3v) is 4.38. The Morgan fingerprint density at radius 1 is 1.61 bits per heavy atom. The SMILES string of the molecule is Cc1cc(C(=O)N2CCc3sccc3[C@H]2C)no1. The summed E-state index contributed by atoms with van der Waals surface area (Å²) in [5.74, 6) is 0.621. The maximum absolute atomic E-state index is 12.4. The number of hydrogen-bond acceptors (Lipinski definition) is 4. The quantitative estimate of drug-likeness (QED) is 0.794. The maximum Gasteiger partial charge on any atom is 0.276 e. The molecule has 0 saturated carbocycles. The van der Waals surface area contributed by atoms with Gasteiger partial charge < -0.3 is 9.42 Å². The highest BCUT2D eigenvalue weighted by Gasteiger charge is 2.30. The van der Waals surface area contributed by atoms with Gasteiger partial charge in [0.1, 0.15) is 5.76 Å². The van der Waals surface area contributed by atoms with Crippen LogP contribution in [0.3, 0.4) is 0 Å². The molecule has 0 aliphatic carbocycles. The van der Waals surface area contributed by atoms with Gasteiger partial charge in [0.05, 0.1) is 6.04 Å². The average Bonchev–Trinajstić information content (AvgIpc) is 2.97. The molecular weight excluding hydrogens is 248 g/mol. The predicted octanol–water partition coefficient (Wildman–Crippen LogP) is 2.80. The van der Waals surface area contributed by atoms with E-state index in [0.29, 0.717) is 11.5 Å². The first kappa shape index (κ1) is 11.5. The molecule has 0 aromatic carbocycles. The average molecular weight is 262 g/mol. The third kappa shape index (κ3) is 1.75. The number of rotatable bonds is 1. The van der Waals surface area contributed by atoms with Gasteiger partial charge in [-0.25, -0.2) is 0 Å². The smallest absolute Gasteiger partial charge is 0.276 e. The fourth-order valence-electron chi connectivity index (χ4n) is 2.40. The summed E-state index contributed by atoms with van der Waals surface area (Å²) in [4.78, 5) is 15.6. The van der Waals surface area contributed by atoms with Gasteiger partial charge in [-0.3, -0.25) is 4.79 Å². The van der Waals surface area contributed by atoms with E-state index in [9.17, 15) is 4.79 Å². The summed E-state index contributed by atoms with van der Waals surface area (Å²) in [5, 5.41) is 5.90. The van der Waals surface area contributed by atoms with E-state index in [1.165, 1.54) is 10.4 Å². The zero-order chi connectivity index (χ0) is 12.7. The van der Waals surface area contributed by atoms with E-state index >= 15 is 0 Å². The minimum absolute atomic E-state index is 0.0452. The molecule has 5 heteroatoms. The van der Waals surface area contributed by atoms with Gasteiger partial charge in [0.25, 0.3) is 5.91 Å². The van der Waals surface area contributed by atoms with Crippen molar-refractivity contribution in [2.75, 3.05) is 6.54 Å².